The summed E-state index contributed by atoms with van der Waals surface area (Å²) in [7, 11) is 3.47. The van der Waals surface area contributed by atoms with E-state index in [0.717, 1.165) is 10.7 Å². The first-order valence-electron chi connectivity index (χ1n) is 5.53. The van der Waals surface area contributed by atoms with Crippen LogP contribution in [0.25, 0.3) is 0 Å². The molecule has 0 atom stereocenters. The Kier molecular flexibility index (Phi) is 4.00. The van der Waals surface area contributed by atoms with Gasteiger partial charge in [0, 0.05) is 25.9 Å². The van der Waals surface area contributed by atoms with E-state index in [-0.39, 0.29) is 10.6 Å². The van der Waals surface area contributed by atoms with Crippen LogP contribution in [0.4, 0.5) is 11.4 Å². The van der Waals surface area contributed by atoms with E-state index < -0.39 is 0 Å². The number of nitro benzene ring substituents is 1. The molecule has 2 aromatic rings. The number of aromatic nitrogens is 3. The van der Waals surface area contributed by atoms with Crippen molar-refractivity contribution in [3.8, 4) is 0 Å². The summed E-state index contributed by atoms with van der Waals surface area (Å²) in [6.45, 7) is 0. The number of nitro groups is 1. The van der Waals surface area contributed by atoms with Crippen LogP contribution in [0.15, 0.2) is 29.7 Å². The molecule has 0 saturated carbocycles. The average molecular weight is 279 g/mol. The van der Waals surface area contributed by atoms with Crippen molar-refractivity contribution in [2.45, 2.75) is 10.9 Å². The van der Waals surface area contributed by atoms with Crippen molar-refractivity contribution in [1.82, 2.24) is 14.8 Å². The molecule has 0 saturated heterocycles. The molecule has 0 amide bonds. The fraction of sp³-hybridized carbons (Fsp3) is 0.273. The first kappa shape index (κ1) is 13.3. The number of thioether (sulfide) groups is 1. The topological polar surface area (TPSA) is 85.9 Å². The highest BCUT2D eigenvalue weighted by Gasteiger charge is 2.13. The number of hydrogen-bond acceptors (Lipinski definition) is 6. The minimum absolute atomic E-state index is 0.0820. The molecule has 0 radical (unpaired) electrons. The summed E-state index contributed by atoms with van der Waals surface area (Å²) in [5.41, 5.74) is 1.47. The van der Waals surface area contributed by atoms with E-state index in [4.69, 9.17) is 0 Å². The standard InChI is InChI=1S/C11H13N5O2S/c1-12-9-4-3-8(5-10(9)16(17)18)6-19-11-13-7-14-15(11)2/h3-5,7,12H,6H2,1-2H3. The summed E-state index contributed by atoms with van der Waals surface area (Å²) in [5, 5.41) is 18.5. The van der Waals surface area contributed by atoms with Gasteiger partial charge < -0.3 is 5.32 Å². The predicted molar refractivity (Wildman–Crippen MR) is 73.2 cm³/mol. The number of aryl methyl sites for hydroxylation is 1. The maximum absolute atomic E-state index is 11.0. The van der Waals surface area contributed by atoms with E-state index in [1.54, 1.807) is 23.9 Å². The van der Waals surface area contributed by atoms with Gasteiger partial charge in [0.05, 0.1) is 4.92 Å². The molecular weight excluding hydrogens is 266 g/mol. The minimum atomic E-state index is -0.387. The van der Waals surface area contributed by atoms with Gasteiger partial charge in [0.1, 0.15) is 12.0 Å². The van der Waals surface area contributed by atoms with E-state index in [9.17, 15) is 10.1 Å². The van der Waals surface area contributed by atoms with Crippen LogP contribution < -0.4 is 5.32 Å². The zero-order chi connectivity index (χ0) is 13.8. The van der Waals surface area contributed by atoms with Gasteiger partial charge in [-0.05, 0) is 11.6 Å². The van der Waals surface area contributed by atoms with E-state index in [1.807, 2.05) is 13.1 Å². The molecule has 0 fully saturated rings. The zero-order valence-electron chi connectivity index (χ0n) is 10.5. The second-order valence-electron chi connectivity index (χ2n) is 3.81. The highest BCUT2D eigenvalue weighted by molar-refractivity contribution is 7.98. The number of anilines is 1. The van der Waals surface area contributed by atoms with Gasteiger partial charge in [-0.1, -0.05) is 17.8 Å². The molecule has 8 heteroatoms. The Morgan fingerprint density at radius 2 is 2.32 bits per heavy atom. The molecular formula is C11H13N5O2S. The summed E-state index contributed by atoms with van der Waals surface area (Å²) in [4.78, 5) is 14.7. The summed E-state index contributed by atoms with van der Waals surface area (Å²) < 4.78 is 1.67. The molecule has 0 aliphatic rings. The summed E-state index contributed by atoms with van der Waals surface area (Å²) in [5.74, 6) is 0.608. The summed E-state index contributed by atoms with van der Waals surface area (Å²) in [6, 6.07) is 5.15. The third kappa shape index (κ3) is 3.02. The number of benzene rings is 1. The van der Waals surface area contributed by atoms with E-state index in [0.29, 0.717) is 11.4 Å². The van der Waals surface area contributed by atoms with Gasteiger partial charge >= 0.3 is 0 Å². The van der Waals surface area contributed by atoms with E-state index >= 15 is 0 Å². The summed E-state index contributed by atoms with van der Waals surface area (Å²) >= 11 is 1.49. The number of nitrogens with zero attached hydrogens (tertiary/aromatic N) is 4. The number of rotatable bonds is 5. The molecule has 0 aliphatic heterocycles. The van der Waals surface area contributed by atoms with Gasteiger partial charge in [-0.2, -0.15) is 5.10 Å². The third-order valence-corrected chi connectivity index (χ3v) is 3.67. The van der Waals surface area contributed by atoms with Gasteiger partial charge in [-0.15, -0.1) is 0 Å². The van der Waals surface area contributed by atoms with Crippen molar-refractivity contribution >= 4 is 23.1 Å². The quantitative estimate of drug-likeness (QED) is 0.512. The average Bonchev–Trinajstić information content (AvgIpc) is 2.81. The molecule has 0 spiro atoms. The lowest BCUT2D eigenvalue weighted by Gasteiger charge is -2.05. The van der Waals surface area contributed by atoms with Crippen molar-refractivity contribution in [1.29, 1.82) is 0 Å². The Labute approximate surface area is 114 Å². The molecule has 1 aromatic carbocycles. The van der Waals surface area contributed by atoms with Crippen molar-refractivity contribution in [3.63, 3.8) is 0 Å². The second kappa shape index (κ2) is 5.70. The van der Waals surface area contributed by atoms with Crippen LogP contribution in [0.3, 0.4) is 0 Å². The van der Waals surface area contributed by atoms with Crippen LogP contribution in [0.1, 0.15) is 5.56 Å². The second-order valence-corrected chi connectivity index (χ2v) is 4.76. The van der Waals surface area contributed by atoms with Crippen molar-refractivity contribution in [3.05, 3.63) is 40.2 Å². The molecule has 0 unspecified atom stereocenters. The van der Waals surface area contributed by atoms with Crippen LogP contribution in [0, 0.1) is 10.1 Å². The van der Waals surface area contributed by atoms with Crippen molar-refractivity contribution in [2.24, 2.45) is 7.05 Å². The van der Waals surface area contributed by atoms with Gasteiger partial charge in [-0.3, -0.25) is 10.1 Å². The van der Waals surface area contributed by atoms with Gasteiger partial charge in [-0.25, -0.2) is 9.67 Å². The fourth-order valence-corrected chi connectivity index (χ4v) is 2.42. The summed E-state index contributed by atoms with van der Waals surface area (Å²) in [6.07, 6.45) is 1.48. The van der Waals surface area contributed by atoms with Gasteiger partial charge in [0.2, 0.25) is 0 Å². The lowest BCUT2D eigenvalue weighted by Crippen LogP contribution is -1.98. The predicted octanol–water partition coefficient (Wildman–Crippen LogP) is 2.06. The van der Waals surface area contributed by atoms with Crippen LogP contribution in [-0.2, 0) is 12.8 Å². The molecule has 0 aliphatic carbocycles. The monoisotopic (exact) mass is 279 g/mol. The molecule has 1 N–H and O–H groups in total. The Morgan fingerprint density at radius 1 is 1.53 bits per heavy atom. The van der Waals surface area contributed by atoms with Crippen LogP contribution in [-0.4, -0.2) is 26.7 Å². The molecule has 7 nitrogen and oxygen atoms in total. The van der Waals surface area contributed by atoms with Crippen LogP contribution in [0.2, 0.25) is 0 Å². The maximum Gasteiger partial charge on any atom is 0.292 e. The molecule has 1 aromatic heterocycles. The Morgan fingerprint density at radius 3 is 2.89 bits per heavy atom. The Balaban J connectivity index is 2.15. The smallest absolute Gasteiger partial charge is 0.292 e. The largest absolute Gasteiger partial charge is 0.383 e. The zero-order valence-corrected chi connectivity index (χ0v) is 11.3. The van der Waals surface area contributed by atoms with E-state index in [1.165, 1.54) is 18.1 Å². The van der Waals surface area contributed by atoms with Crippen LogP contribution in [0.5, 0.6) is 0 Å². The number of nitrogens with one attached hydrogen (secondary N) is 1. The first-order chi connectivity index (χ1) is 9.11. The van der Waals surface area contributed by atoms with Crippen molar-refractivity contribution < 1.29 is 4.92 Å². The molecule has 19 heavy (non-hydrogen) atoms. The SMILES string of the molecule is CNc1ccc(CSc2ncnn2C)cc1[N+](=O)[O-]. The van der Waals surface area contributed by atoms with Gasteiger partial charge in [0.25, 0.3) is 5.69 Å². The first-order valence-corrected chi connectivity index (χ1v) is 6.52. The highest BCUT2D eigenvalue weighted by Crippen LogP contribution is 2.28. The Bertz CT molecular complexity index is 599. The maximum atomic E-state index is 11.0. The third-order valence-electron chi connectivity index (χ3n) is 2.57. The molecule has 0 bridgehead atoms. The lowest BCUT2D eigenvalue weighted by molar-refractivity contribution is -0.384. The highest BCUT2D eigenvalue weighted by atomic mass is 32.2. The van der Waals surface area contributed by atoms with Crippen molar-refractivity contribution in [2.75, 3.05) is 12.4 Å². The normalized spacial score (nSPS) is 10.4. The Hall–Kier alpha value is -2.09. The van der Waals surface area contributed by atoms with E-state index in [2.05, 4.69) is 15.4 Å². The number of hydrogen-bond donors (Lipinski definition) is 1. The fourth-order valence-electron chi connectivity index (χ4n) is 1.59. The molecule has 1 heterocycles. The molecule has 2 rings (SSSR count). The lowest BCUT2D eigenvalue weighted by atomic mass is 10.2. The van der Waals surface area contributed by atoms with Gasteiger partial charge in [0.15, 0.2) is 5.16 Å². The van der Waals surface area contributed by atoms with Crippen LogP contribution >= 0.6 is 11.8 Å². The minimum Gasteiger partial charge on any atom is -0.383 e. The molecule has 100 valence electrons.